The number of anilines is 2. The van der Waals surface area contributed by atoms with Crippen LogP contribution in [0, 0.1) is 10.1 Å². The zero-order valence-electron chi connectivity index (χ0n) is 15.8. The van der Waals surface area contributed by atoms with Crippen molar-refractivity contribution in [1.29, 1.82) is 0 Å². The van der Waals surface area contributed by atoms with Crippen LogP contribution in [0.25, 0.3) is 16.3 Å². The molecule has 2 N–H and O–H groups in total. The number of amides is 2. The average Bonchev–Trinajstić information content (AvgIpc) is 3.08. The maximum absolute atomic E-state index is 12.2. The number of fused-ring (bicyclic) bond motifs is 1. The van der Waals surface area contributed by atoms with Crippen molar-refractivity contribution in [2.24, 2.45) is 0 Å². The van der Waals surface area contributed by atoms with Crippen molar-refractivity contribution in [1.82, 2.24) is 4.98 Å². The number of hydrogen-bond acceptors (Lipinski definition) is 6. The molecule has 1 heterocycles. The van der Waals surface area contributed by atoms with Gasteiger partial charge in [0, 0.05) is 24.3 Å². The molecule has 30 heavy (non-hydrogen) atoms. The smallest absolute Gasteiger partial charge is 0.288 e. The highest BCUT2D eigenvalue weighted by atomic mass is 35.5. The highest BCUT2D eigenvalue weighted by molar-refractivity contribution is 7.22. The van der Waals surface area contributed by atoms with Crippen molar-refractivity contribution in [3.63, 3.8) is 0 Å². The summed E-state index contributed by atoms with van der Waals surface area (Å²) in [6, 6.07) is 9.51. The van der Waals surface area contributed by atoms with E-state index >= 15 is 0 Å². The predicted molar refractivity (Wildman–Crippen MR) is 119 cm³/mol. The first-order valence-corrected chi connectivity index (χ1v) is 10.2. The van der Waals surface area contributed by atoms with Crippen LogP contribution in [0.15, 0.2) is 42.5 Å². The van der Waals surface area contributed by atoms with Gasteiger partial charge in [0.1, 0.15) is 5.02 Å². The maximum Gasteiger partial charge on any atom is 0.288 e. The third-order valence-electron chi connectivity index (χ3n) is 3.97. The molecule has 0 aliphatic rings. The Hall–Kier alpha value is -3.30. The minimum absolute atomic E-state index is 0.0321. The van der Waals surface area contributed by atoms with Gasteiger partial charge in [-0.3, -0.25) is 19.7 Å². The summed E-state index contributed by atoms with van der Waals surface area (Å²) in [5.41, 5.74) is 1.53. The molecule has 0 saturated heterocycles. The van der Waals surface area contributed by atoms with Gasteiger partial charge in [-0.05, 0) is 42.3 Å². The Labute approximate surface area is 180 Å². The van der Waals surface area contributed by atoms with Crippen LogP contribution >= 0.6 is 22.9 Å². The number of halogens is 1. The second kappa shape index (κ2) is 9.47. The van der Waals surface area contributed by atoms with Gasteiger partial charge in [-0.1, -0.05) is 35.9 Å². The van der Waals surface area contributed by atoms with Crippen LogP contribution in [0.5, 0.6) is 0 Å². The number of thiazole rings is 1. The van der Waals surface area contributed by atoms with E-state index in [-0.39, 0.29) is 16.6 Å². The van der Waals surface area contributed by atoms with Gasteiger partial charge in [0.05, 0.1) is 15.1 Å². The first-order valence-electron chi connectivity index (χ1n) is 8.99. The fraction of sp³-hybridized carbons (Fsp3) is 0.150. The molecule has 0 fully saturated rings. The highest BCUT2D eigenvalue weighted by Gasteiger charge is 2.12. The van der Waals surface area contributed by atoms with Gasteiger partial charge in [-0.25, -0.2) is 4.98 Å². The number of carbonyl (C=O) groups is 2. The van der Waals surface area contributed by atoms with E-state index in [1.807, 2.05) is 6.92 Å². The Kier molecular flexibility index (Phi) is 6.76. The molecule has 0 saturated carbocycles. The lowest BCUT2D eigenvalue weighted by Gasteiger charge is -2.02. The third kappa shape index (κ3) is 5.40. The van der Waals surface area contributed by atoms with Gasteiger partial charge in [0.2, 0.25) is 11.8 Å². The van der Waals surface area contributed by atoms with Gasteiger partial charge < -0.3 is 10.6 Å². The predicted octanol–water partition coefficient (Wildman–Crippen LogP) is 5.25. The normalized spacial score (nSPS) is 11.0. The van der Waals surface area contributed by atoms with E-state index in [2.05, 4.69) is 15.6 Å². The molecule has 154 valence electrons. The molecule has 3 rings (SSSR count). The number of nitrogens with one attached hydrogen (secondary N) is 2. The average molecular weight is 445 g/mol. The number of rotatable bonds is 7. The Balaban J connectivity index is 1.69. The molecular formula is C20H17ClN4O4S. The quantitative estimate of drug-likeness (QED) is 0.293. The van der Waals surface area contributed by atoms with Gasteiger partial charge in [0.15, 0.2) is 5.13 Å². The van der Waals surface area contributed by atoms with E-state index in [1.165, 1.54) is 35.6 Å². The SMILES string of the molecule is CCCC(=O)Nc1nc2ccc(NC(=O)C=Cc3ccc(Cl)c([N+](=O)[O-])c3)cc2s1. The van der Waals surface area contributed by atoms with Crippen molar-refractivity contribution in [2.75, 3.05) is 10.6 Å². The summed E-state index contributed by atoms with van der Waals surface area (Å²) in [6.07, 6.45) is 3.93. The Morgan fingerprint density at radius 3 is 2.77 bits per heavy atom. The largest absolute Gasteiger partial charge is 0.322 e. The van der Waals surface area contributed by atoms with Crippen LogP contribution < -0.4 is 10.6 Å². The van der Waals surface area contributed by atoms with Crippen LogP contribution in [-0.2, 0) is 9.59 Å². The molecule has 0 bridgehead atoms. The monoisotopic (exact) mass is 444 g/mol. The zero-order chi connectivity index (χ0) is 21.7. The summed E-state index contributed by atoms with van der Waals surface area (Å²) in [6.45, 7) is 1.93. The van der Waals surface area contributed by atoms with Crippen LogP contribution in [0.3, 0.4) is 0 Å². The molecule has 0 aliphatic heterocycles. The minimum Gasteiger partial charge on any atom is -0.322 e. The number of nitro benzene ring substituents is 1. The Bertz CT molecular complexity index is 1160. The van der Waals surface area contributed by atoms with E-state index in [0.29, 0.717) is 28.3 Å². The van der Waals surface area contributed by atoms with Crippen molar-refractivity contribution in [2.45, 2.75) is 19.8 Å². The topological polar surface area (TPSA) is 114 Å². The number of nitro groups is 1. The van der Waals surface area contributed by atoms with Gasteiger partial charge in [-0.2, -0.15) is 0 Å². The summed E-state index contributed by atoms with van der Waals surface area (Å²) >= 11 is 7.10. The molecule has 0 unspecified atom stereocenters. The lowest BCUT2D eigenvalue weighted by Crippen LogP contribution is -2.09. The van der Waals surface area contributed by atoms with Crippen molar-refractivity contribution < 1.29 is 14.5 Å². The van der Waals surface area contributed by atoms with Crippen molar-refractivity contribution in [3.05, 3.63) is 63.2 Å². The third-order valence-corrected chi connectivity index (χ3v) is 5.23. The van der Waals surface area contributed by atoms with Gasteiger partial charge in [-0.15, -0.1) is 0 Å². The molecule has 1 aromatic heterocycles. The van der Waals surface area contributed by atoms with E-state index in [4.69, 9.17) is 11.6 Å². The summed E-state index contributed by atoms with van der Waals surface area (Å²) in [5.74, 6) is -0.481. The molecule has 0 radical (unpaired) electrons. The summed E-state index contributed by atoms with van der Waals surface area (Å²) in [5, 5.41) is 17.0. The van der Waals surface area contributed by atoms with Crippen molar-refractivity contribution in [3.8, 4) is 0 Å². The summed E-state index contributed by atoms with van der Waals surface area (Å²) in [4.78, 5) is 38.6. The second-order valence-corrected chi connectivity index (χ2v) is 7.73. The van der Waals surface area contributed by atoms with Gasteiger partial charge in [0.25, 0.3) is 5.69 Å². The first-order chi connectivity index (χ1) is 14.4. The maximum atomic E-state index is 12.2. The number of benzene rings is 2. The Morgan fingerprint density at radius 2 is 2.03 bits per heavy atom. The highest BCUT2D eigenvalue weighted by Crippen LogP contribution is 2.29. The molecule has 0 atom stereocenters. The van der Waals surface area contributed by atoms with Crippen LogP contribution in [0.2, 0.25) is 5.02 Å². The molecule has 0 aliphatic carbocycles. The molecule has 10 heteroatoms. The number of hydrogen-bond donors (Lipinski definition) is 2. The van der Waals surface area contributed by atoms with E-state index in [0.717, 1.165) is 11.1 Å². The number of carbonyl (C=O) groups excluding carboxylic acids is 2. The van der Waals surface area contributed by atoms with Crippen LogP contribution in [0.4, 0.5) is 16.5 Å². The first kappa shape index (κ1) is 21.4. The molecule has 3 aromatic rings. The van der Waals surface area contributed by atoms with Crippen LogP contribution in [-0.4, -0.2) is 21.7 Å². The molecule has 0 spiro atoms. The van der Waals surface area contributed by atoms with E-state index < -0.39 is 10.8 Å². The zero-order valence-corrected chi connectivity index (χ0v) is 17.4. The summed E-state index contributed by atoms with van der Waals surface area (Å²) < 4.78 is 0.817. The lowest BCUT2D eigenvalue weighted by molar-refractivity contribution is -0.384. The number of nitrogens with zero attached hydrogens (tertiary/aromatic N) is 2. The Morgan fingerprint density at radius 1 is 1.23 bits per heavy atom. The molecule has 8 nitrogen and oxygen atoms in total. The fourth-order valence-electron chi connectivity index (χ4n) is 2.59. The minimum atomic E-state index is -0.580. The molecular weight excluding hydrogens is 428 g/mol. The molecule has 2 amide bonds. The standard InChI is InChI=1S/C20H17ClN4O4S/c1-2-3-18(26)24-20-23-15-8-6-13(11-17(15)30-20)22-19(27)9-5-12-4-7-14(21)16(10-12)25(28)29/h4-11H,2-3H2,1H3,(H,22,27)(H,23,24,26). The van der Waals surface area contributed by atoms with Crippen molar-refractivity contribution >= 4 is 67.6 Å². The number of aromatic nitrogens is 1. The lowest BCUT2D eigenvalue weighted by atomic mass is 10.2. The van der Waals surface area contributed by atoms with Gasteiger partial charge >= 0.3 is 0 Å². The second-order valence-electron chi connectivity index (χ2n) is 6.29. The van der Waals surface area contributed by atoms with E-state index in [1.54, 1.807) is 24.3 Å². The van der Waals surface area contributed by atoms with Crippen LogP contribution in [0.1, 0.15) is 25.3 Å². The summed E-state index contributed by atoms with van der Waals surface area (Å²) in [7, 11) is 0. The van der Waals surface area contributed by atoms with E-state index in [9.17, 15) is 19.7 Å². The fourth-order valence-corrected chi connectivity index (χ4v) is 3.70. The molecule has 2 aromatic carbocycles.